The van der Waals surface area contributed by atoms with E-state index in [1.807, 2.05) is 0 Å². The van der Waals surface area contributed by atoms with Gasteiger partial charge in [0.05, 0.1) is 0 Å². The summed E-state index contributed by atoms with van der Waals surface area (Å²) in [4.78, 5) is 0. The predicted molar refractivity (Wildman–Crippen MR) is 68.4 cm³/mol. The van der Waals surface area contributed by atoms with Gasteiger partial charge in [0.15, 0.2) is 0 Å². The number of rotatable bonds is 3. The van der Waals surface area contributed by atoms with Crippen LogP contribution in [0.3, 0.4) is 0 Å². The van der Waals surface area contributed by atoms with Gasteiger partial charge in [0.25, 0.3) is 0 Å². The molecule has 0 aromatic heterocycles. The Morgan fingerprint density at radius 1 is 1.53 bits per heavy atom. The van der Waals surface area contributed by atoms with Crippen LogP contribution in [0.25, 0.3) is 0 Å². The molecule has 1 saturated carbocycles. The fraction of sp³-hybridized carbons (Fsp3) is 0.667. The Labute approximate surface area is 111 Å². The fourth-order valence-corrected chi connectivity index (χ4v) is 23.8. The van der Waals surface area contributed by atoms with Crippen molar-refractivity contribution in [1.29, 1.82) is 0 Å². The molecular weight excluding hydrogens is 408 g/mol. The molecule has 0 saturated heterocycles. The number of hydrogen-bond donors (Lipinski definition) is 0. The average Bonchev–Trinajstić information content (AvgIpc) is 2.48. The monoisotopic (exact) mass is 430 g/mol. The number of halogens is 1. The van der Waals surface area contributed by atoms with Gasteiger partial charge in [-0.3, -0.25) is 0 Å². The molecule has 0 radical (unpaired) electrons. The van der Waals surface area contributed by atoms with E-state index in [2.05, 4.69) is 39.2 Å². The van der Waals surface area contributed by atoms with Crippen LogP contribution in [0.2, 0.25) is 19.6 Å². The summed E-state index contributed by atoms with van der Waals surface area (Å²) in [5, 5.41) is 0. The Hall–Kier alpha value is 0.922. The third-order valence-corrected chi connectivity index (χ3v) is 26.7. The minimum absolute atomic E-state index is 0.282. The Bertz CT molecular complexity index is 290. The molecule has 1 unspecified atom stereocenters. The fourth-order valence-electron chi connectivity index (χ4n) is 2.52. The van der Waals surface area contributed by atoms with Crippen molar-refractivity contribution in [2.75, 3.05) is 0 Å². The molecule has 0 spiro atoms. The second-order valence-electron chi connectivity index (χ2n) is 5.82. The third-order valence-electron chi connectivity index (χ3n) is 3.67. The van der Waals surface area contributed by atoms with Crippen LogP contribution in [0, 0.1) is 5.41 Å². The van der Waals surface area contributed by atoms with E-state index >= 15 is 0 Å². The standard InChI is InChI=1S/C12H21Si.ClH.Hg/c1-6-12(2)9-7-8-11(12)10-13(3,4)5;;/h6H,1,7-9H2,2-5H3;1H;/q;;+1/p-1. The van der Waals surface area contributed by atoms with Crippen LogP contribution in [-0.2, 0) is 23.3 Å². The molecule has 0 aromatic carbocycles. The summed E-state index contributed by atoms with van der Waals surface area (Å²) >= 11 is -1.26. The zero-order chi connectivity index (χ0) is 11.7. The van der Waals surface area contributed by atoms with Crippen LogP contribution in [0.4, 0.5) is 0 Å². The molecule has 1 rings (SSSR count). The summed E-state index contributed by atoms with van der Waals surface area (Å²) in [6, 6.07) is 0. The topological polar surface area (TPSA) is 0 Å². The summed E-state index contributed by atoms with van der Waals surface area (Å²) in [6.07, 6.45) is 6.06. The summed E-state index contributed by atoms with van der Waals surface area (Å²) < 4.78 is 1.78. The summed E-state index contributed by atoms with van der Waals surface area (Å²) in [7, 11) is 5.22. The molecule has 82 valence electrons. The Morgan fingerprint density at radius 2 is 2.13 bits per heavy atom. The van der Waals surface area contributed by atoms with E-state index in [1.165, 1.54) is 19.3 Å². The van der Waals surface area contributed by atoms with Gasteiger partial charge in [-0.2, -0.15) is 0 Å². The first-order chi connectivity index (χ1) is 6.85. The van der Waals surface area contributed by atoms with E-state index < -0.39 is 31.4 Å². The molecule has 0 heterocycles. The zero-order valence-electron chi connectivity index (χ0n) is 10.5. The minimum atomic E-state index is -1.26. The molecule has 0 bridgehead atoms. The summed E-state index contributed by atoms with van der Waals surface area (Å²) in [5.74, 6) is 0. The molecule has 1 fully saturated rings. The van der Waals surface area contributed by atoms with Crippen LogP contribution in [0.1, 0.15) is 26.2 Å². The SMILES string of the molecule is C=CC1(C)CCC/C1=[C](/[Hg][Cl])[Si](C)(C)C. The van der Waals surface area contributed by atoms with Crippen molar-refractivity contribution in [3.63, 3.8) is 0 Å². The van der Waals surface area contributed by atoms with Crippen LogP contribution in [-0.4, -0.2) is 8.07 Å². The van der Waals surface area contributed by atoms with Crippen molar-refractivity contribution in [2.24, 2.45) is 5.41 Å². The Kier molecular flexibility index (Phi) is 4.71. The summed E-state index contributed by atoms with van der Waals surface area (Å²) in [5.41, 5.74) is 1.98. The van der Waals surface area contributed by atoms with E-state index in [0.29, 0.717) is 0 Å². The van der Waals surface area contributed by atoms with Gasteiger partial charge in [0.2, 0.25) is 0 Å². The molecule has 0 nitrogen and oxygen atoms in total. The number of allylic oxidation sites excluding steroid dienone is 2. The molecule has 15 heavy (non-hydrogen) atoms. The van der Waals surface area contributed by atoms with Crippen LogP contribution in [0.15, 0.2) is 20.9 Å². The first-order valence-electron chi connectivity index (χ1n) is 5.77. The molecule has 0 N–H and O–H groups in total. The molecule has 1 atom stereocenters. The molecule has 1 aliphatic carbocycles. The molecular formula is C12H21ClHgSi. The van der Waals surface area contributed by atoms with Gasteiger partial charge in [-0.05, 0) is 0 Å². The summed E-state index contributed by atoms with van der Waals surface area (Å²) in [6.45, 7) is 13.7. The van der Waals surface area contributed by atoms with Gasteiger partial charge >= 0.3 is 112 Å². The van der Waals surface area contributed by atoms with Crippen molar-refractivity contribution in [2.45, 2.75) is 45.8 Å². The molecule has 0 aromatic rings. The molecule has 3 heteroatoms. The Morgan fingerprint density at radius 3 is 2.53 bits per heavy atom. The van der Waals surface area contributed by atoms with Gasteiger partial charge < -0.3 is 0 Å². The van der Waals surface area contributed by atoms with Crippen LogP contribution in [0.5, 0.6) is 0 Å². The van der Waals surface area contributed by atoms with Gasteiger partial charge in [-0.15, -0.1) is 0 Å². The maximum atomic E-state index is 6.38. The molecule has 1 aliphatic rings. The van der Waals surface area contributed by atoms with Crippen LogP contribution < -0.4 is 0 Å². The van der Waals surface area contributed by atoms with E-state index in [-0.39, 0.29) is 5.41 Å². The zero-order valence-corrected chi connectivity index (χ0v) is 17.7. The van der Waals surface area contributed by atoms with Gasteiger partial charge in [-0.1, -0.05) is 0 Å². The maximum absolute atomic E-state index is 6.38. The molecule has 0 aliphatic heterocycles. The van der Waals surface area contributed by atoms with E-state index in [0.717, 1.165) is 0 Å². The van der Waals surface area contributed by atoms with E-state index in [9.17, 15) is 0 Å². The first kappa shape index (κ1) is 14.0. The van der Waals surface area contributed by atoms with Crippen LogP contribution >= 0.6 is 8.25 Å². The molecule has 0 amide bonds. The van der Waals surface area contributed by atoms with Gasteiger partial charge in [0, 0.05) is 0 Å². The Balaban J connectivity index is 3.21. The average molecular weight is 429 g/mol. The predicted octanol–water partition coefficient (Wildman–Crippen LogP) is 4.73. The second kappa shape index (κ2) is 5.05. The van der Waals surface area contributed by atoms with E-state index in [4.69, 9.17) is 8.25 Å². The van der Waals surface area contributed by atoms with Crippen molar-refractivity contribution in [3.8, 4) is 0 Å². The van der Waals surface area contributed by atoms with Crippen molar-refractivity contribution >= 4 is 16.3 Å². The van der Waals surface area contributed by atoms with Gasteiger partial charge in [0.1, 0.15) is 0 Å². The normalized spacial score (nSPS) is 29.9. The van der Waals surface area contributed by atoms with E-state index in [1.54, 1.807) is 8.28 Å². The van der Waals surface area contributed by atoms with Gasteiger partial charge in [-0.25, -0.2) is 0 Å². The second-order valence-corrected chi connectivity index (χ2v) is 19.8. The van der Waals surface area contributed by atoms with Crippen molar-refractivity contribution in [3.05, 3.63) is 20.9 Å². The third kappa shape index (κ3) is 2.98. The van der Waals surface area contributed by atoms with Crippen molar-refractivity contribution < 1.29 is 23.3 Å². The first-order valence-corrected chi connectivity index (χ1v) is 18.8. The van der Waals surface area contributed by atoms with Crippen molar-refractivity contribution in [1.82, 2.24) is 0 Å². The quantitative estimate of drug-likeness (QED) is 0.450. The number of hydrogen-bond acceptors (Lipinski definition) is 0.